The van der Waals surface area contributed by atoms with E-state index in [2.05, 4.69) is 26.6 Å². The molecule has 104 valence electrons. The van der Waals surface area contributed by atoms with Crippen molar-refractivity contribution in [3.8, 4) is 0 Å². The molecule has 20 heavy (non-hydrogen) atoms. The van der Waals surface area contributed by atoms with E-state index in [0.717, 1.165) is 40.7 Å². The first-order valence-corrected chi connectivity index (χ1v) is 7.41. The molecule has 3 rings (SSSR count). The summed E-state index contributed by atoms with van der Waals surface area (Å²) in [7, 11) is 0. The maximum absolute atomic E-state index is 12.1. The summed E-state index contributed by atoms with van der Waals surface area (Å²) in [5, 5.41) is 5.85. The molecule has 1 aliphatic rings. The molecule has 0 spiro atoms. The Morgan fingerprint density at radius 2 is 2.25 bits per heavy atom. The number of hydrogen-bond acceptors (Lipinski definition) is 2. The topological polar surface area (TPSA) is 54.3 Å². The second-order valence-electron chi connectivity index (χ2n) is 4.85. The van der Waals surface area contributed by atoms with Crippen molar-refractivity contribution in [1.82, 2.24) is 5.32 Å². The van der Waals surface area contributed by atoms with Crippen molar-refractivity contribution < 1.29 is 9.21 Å². The summed E-state index contributed by atoms with van der Waals surface area (Å²) >= 11 is 3.38. The van der Waals surface area contributed by atoms with Gasteiger partial charge in [-0.2, -0.15) is 0 Å². The van der Waals surface area contributed by atoms with Crippen LogP contribution in [0.4, 0.5) is 10.5 Å². The Kier molecular flexibility index (Phi) is 3.78. The molecule has 2 N–H and O–H groups in total. The Morgan fingerprint density at radius 3 is 3.10 bits per heavy atom. The Labute approximate surface area is 125 Å². The highest BCUT2D eigenvalue weighted by Gasteiger charge is 2.23. The first-order valence-electron chi connectivity index (χ1n) is 6.62. The summed E-state index contributed by atoms with van der Waals surface area (Å²) in [6, 6.07) is 9.31. The molecule has 0 radical (unpaired) electrons. The highest BCUT2D eigenvalue weighted by Crippen LogP contribution is 2.30. The van der Waals surface area contributed by atoms with E-state index >= 15 is 0 Å². The van der Waals surface area contributed by atoms with E-state index in [0.29, 0.717) is 0 Å². The smallest absolute Gasteiger partial charge is 0.319 e. The van der Waals surface area contributed by atoms with Crippen molar-refractivity contribution in [1.29, 1.82) is 0 Å². The van der Waals surface area contributed by atoms with Gasteiger partial charge in [-0.1, -0.05) is 22.0 Å². The van der Waals surface area contributed by atoms with Crippen LogP contribution in [0, 0.1) is 0 Å². The van der Waals surface area contributed by atoms with Crippen molar-refractivity contribution in [3.05, 3.63) is 52.4 Å². The van der Waals surface area contributed by atoms with E-state index in [1.807, 2.05) is 30.3 Å². The monoisotopic (exact) mass is 334 g/mol. The molecule has 0 bridgehead atoms. The first-order chi connectivity index (χ1) is 9.72. The molecule has 0 saturated carbocycles. The molecule has 0 saturated heterocycles. The lowest BCUT2D eigenvalue weighted by atomic mass is 9.93. The van der Waals surface area contributed by atoms with Crippen LogP contribution in [0.2, 0.25) is 0 Å². The fraction of sp³-hybridized carbons (Fsp3) is 0.267. The highest BCUT2D eigenvalue weighted by molar-refractivity contribution is 9.10. The fourth-order valence-electron chi connectivity index (χ4n) is 2.53. The molecule has 4 nitrogen and oxygen atoms in total. The number of amides is 2. The Morgan fingerprint density at radius 1 is 1.35 bits per heavy atom. The number of nitrogens with one attached hydrogen (secondary N) is 2. The number of carbonyl (C=O) groups excluding carboxylic acids is 1. The average molecular weight is 335 g/mol. The molecule has 5 heteroatoms. The van der Waals surface area contributed by atoms with E-state index < -0.39 is 0 Å². The van der Waals surface area contributed by atoms with Crippen LogP contribution in [0.5, 0.6) is 0 Å². The lowest BCUT2D eigenvalue weighted by Gasteiger charge is -2.22. The quantitative estimate of drug-likeness (QED) is 0.862. The minimum Gasteiger partial charge on any atom is -0.469 e. The number of carbonyl (C=O) groups is 1. The van der Waals surface area contributed by atoms with Crippen molar-refractivity contribution in [2.75, 3.05) is 5.32 Å². The third-order valence-corrected chi connectivity index (χ3v) is 3.93. The van der Waals surface area contributed by atoms with Gasteiger partial charge in [0, 0.05) is 22.1 Å². The molecular formula is C15H15BrN2O2. The number of fused-ring (bicyclic) bond motifs is 1. The summed E-state index contributed by atoms with van der Waals surface area (Å²) in [6.07, 6.45) is 4.62. The minimum atomic E-state index is -0.192. The second-order valence-corrected chi connectivity index (χ2v) is 5.77. The van der Waals surface area contributed by atoms with Gasteiger partial charge in [-0.25, -0.2) is 4.79 Å². The number of benzene rings is 1. The maximum atomic E-state index is 12.1. The molecule has 0 fully saturated rings. The summed E-state index contributed by atoms with van der Waals surface area (Å²) in [5.74, 6) is 0.990. The molecule has 1 aromatic heterocycles. The van der Waals surface area contributed by atoms with E-state index in [1.165, 1.54) is 0 Å². The molecule has 1 atom stereocenters. The number of rotatable bonds is 2. The third kappa shape index (κ3) is 2.88. The number of halogens is 1. The predicted molar refractivity (Wildman–Crippen MR) is 80.7 cm³/mol. The van der Waals surface area contributed by atoms with Crippen LogP contribution in [0.25, 0.3) is 0 Å². The standard InChI is InChI=1S/C15H15BrN2O2/c16-10-3-1-4-11(9-10)17-15(19)18-13-5-2-6-14-12(13)7-8-20-14/h1,3-4,7-9,13H,2,5-6H2,(H2,17,18,19). The van der Waals surface area contributed by atoms with Crippen molar-refractivity contribution in [2.45, 2.75) is 25.3 Å². The highest BCUT2D eigenvalue weighted by atomic mass is 79.9. The van der Waals surface area contributed by atoms with Crippen molar-refractivity contribution in [2.24, 2.45) is 0 Å². The third-order valence-electron chi connectivity index (χ3n) is 3.44. The maximum Gasteiger partial charge on any atom is 0.319 e. The number of urea groups is 1. The number of anilines is 1. The van der Waals surface area contributed by atoms with Gasteiger partial charge in [0.25, 0.3) is 0 Å². The lowest BCUT2D eigenvalue weighted by Crippen LogP contribution is -2.34. The number of aryl methyl sites for hydroxylation is 1. The van der Waals surface area contributed by atoms with Gasteiger partial charge >= 0.3 is 6.03 Å². The van der Waals surface area contributed by atoms with E-state index in [-0.39, 0.29) is 12.1 Å². The van der Waals surface area contributed by atoms with Gasteiger partial charge in [-0.05, 0) is 37.1 Å². The minimum absolute atomic E-state index is 0.0321. The zero-order valence-electron chi connectivity index (χ0n) is 10.9. The second kappa shape index (κ2) is 5.71. The summed E-state index contributed by atoms with van der Waals surface area (Å²) in [5.41, 5.74) is 1.86. The van der Waals surface area contributed by atoms with Crippen LogP contribution in [0.1, 0.15) is 30.2 Å². The van der Waals surface area contributed by atoms with E-state index in [4.69, 9.17) is 4.42 Å². The molecule has 2 aromatic rings. The SMILES string of the molecule is O=C(Nc1cccc(Br)c1)NC1CCCc2occc21. The van der Waals surface area contributed by atoms with Crippen molar-refractivity contribution >= 4 is 27.6 Å². The van der Waals surface area contributed by atoms with Gasteiger partial charge in [0.2, 0.25) is 0 Å². The zero-order chi connectivity index (χ0) is 13.9. The van der Waals surface area contributed by atoms with E-state index in [9.17, 15) is 4.79 Å². The molecule has 1 unspecified atom stereocenters. The van der Waals surface area contributed by atoms with Crippen molar-refractivity contribution in [3.63, 3.8) is 0 Å². The molecule has 1 heterocycles. The van der Waals surface area contributed by atoms with Crippen LogP contribution in [-0.2, 0) is 6.42 Å². The summed E-state index contributed by atoms with van der Waals surface area (Å²) < 4.78 is 6.36. The van der Waals surface area contributed by atoms with Crippen LogP contribution in [0.15, 0.2) is 45.5 Å². The van der Waals surface area contributed by atoms with Crippen LogP contribution in [0.3, 0.4) is 0 Å². The number of hydrogen-bond donors (Lipinski definition) is 2. The summed E-state index contributed by atoms with van der Waals surface area (Å²) in [6.45, 7) is 0. The molecule has 2 amide bonds. The number of furan rings is 1. The first kappa shape index (κ1) is 13.2. The molecular weight excluding hydrogens is 320 g/mol. The van der Waals surface area contributed by atoms with Gasteiger partial charge in [0.15, 0.2) is 0 Å². The Bertz CT molecular complexity index is 624. The average Bonchev–Trinajstić information content (AvgIpc) is 2.88. The van der Waals surface area contributed by atoms with Crippen LogP contribution in [-0.4, -0.2) is 6.03 Å². The Hall–Kier alpha value is -1.75. The van der Waals surface area contributed by atoms with E-state index in [1.54, 1.807) is 6.26 Å². The molecule has 1 aromatic carbocycles. The largest absolute Gasteiger partial charge is 0.469 e. The normalized spacial score (nSPS) is 17.4. The van der Waals surface area contributed by atoms with Gasteiger partial charge in [0.05, 0.1) is 12.3 Å². The van der Waals surface area contributed by atoms with Gasteiger partial charge in [-0.15, -0.1) is 0 Å². The summed E-state index contributed by atoms with van der Waals surface area (Å²) in [4.78, 5) is 12.1. The predicted octanol–water partition coefficient (Wildman–Crippen LogP) is 4.24. The molecule has 0 aliphatic heterocycles. The van der Waals surface area contributed by atoms with Crippen LogP contribution >= 0.6 is 15.9 Å². The van der Waals surface area contributed by atoms with Gasteiger partial charge < -0.3 is 15.1 Å². The lowest BCUT2D eigenvalue weighted by molar-refractivity contribution is 0.246. The van der Waals surface area contributed by atoms with Crippen LogP contribution < -0.4 is 10.6 Å². The van der Waals surface area contributed by atoms with Gasteiger partial charge in [-0.3, -0.25) is 0 Å². The zero-order valence-corrected chi connectivity index (χ0v) is 12.4. The Balaban J connectivity index is 1.66. The molecule has 1 aliphatic carbocycles. The fourth-order valence-corrected chi connectivity index (χ4v) is 2.93. The van der Waals surface area contributed by atoms with Gasteiger partial charge in [0.1, 0.15) is 5.76 Å².